The number of hydrogen-bond acceptors (Lipinski definition) is 0. The van der Waals surface area contributed by atoms with Crippen LogP contribution in [-0.4, -0.2) is 18.3 Å². The van der Waals surface area contributed by atoms with Crippen LogP contribution in [0, 0.1) is 81.8 Å². The van der Waals surface area contributed by atoms with Gasteiger partial charge in [-0.1, -0.05) is 63.7 Å². The second kappa shape index (κ2) is 2.92. The zero-order valence-electron chi connectivity index (χ0n) is 13.0. The maximum Gasteiger partial charge on any atom is 0.0398 e. The van der Waals surface area contributed by atoms with Crippen molar-refractivity contribution in [3.8, 4) is 0 Å². The monoisotopic (exact) mass is 574 g/mol. The van der Waals surface area contributed by atoms with Gasteiger partial charge in [-0.05, 0) is 83.9 Å². The van der Waals surface area contributed by atoms with Gasteiger partial charge in [0.15, 0.2) is 0 Å². The standard InChI is InChI=1S/C20H18Br4/c21-15-11-9-10-12(15)18-4-1-3-7-5-2-6(8(4)7)20(18,24)14(10)16(22)13(9)19(5,23)17(3,11)18/h3-16H,1-2H2/t3-,4+,5+,6-,7-,8-,9-,10-,11-,12+,13+,14-,15?,16?,17?,18?,19+,20-/m0/s1. The summed E-state index contributed by atoms with van der Waals surface area (Å²) >= 11 is 18.2. The van der Waals surface area contributed by atoms with Crippen LogP contribution in [0.15, 0.2) is 0 Å². The number of fused-ring (bicyclic) bond motifs is 4. The molecule has 10 aliphatic rings. The van der Waals surface area contributed by atoms with Gasteiger partial charge in [-0.25, -0.2) is 0 Å². The van der Waals surface area contributed by atoms with Gasteiger partial charge in [-0.3, -0.25) is 0 Å². The quantitative estimate of drug-likeness (QED) is 0.353. The normalized spacial score (nSPS) is 97.5. The zero-order chi connectivity index (χ0) is 15.5. The molecule has 0 heterocycles. The van der Waals surface area contributed by atoms with Gasteiger partial charge in [0.2, 0.25) is 0 Å². The molecule has 0 aromatic carbocycles. The first-order valence-corrected chi connectivity index (χ1v) is 13.6. The molecule has 10 fully saturated rings. The average molecular weight is 578 g/mol. The van der Waals surface area contributed by atoms with Gasteiger partial charge in [-0.2, -0.15) is 0 Å². The molecule has 0 N–H and O–H groups in total. The van der Waals surface area contributed by atoms with Gasteiger partial charge >= 0.3 is 0 Å². The Morgan fingerprint density at radius 1 is 0.542 bits per heavy atom. The van der Waals surface area contributed by atoms with E-state index in [0.29, 0.717) is 19.5 Å². The lowest BCUT2D eigenvalue weighted by molar-refractivity contribution is -0.0472. The van der Waals surface area contributed by atoms with Crippen LogP contribution in [0.5, 0.6) is 0 Å². The summed E-state index contributed by atoms with van der Waals surface area (Å²) in [6.45, 7) is 0. The van der Waals surface area contributed by atoms with Crippen molar-refractivity contribution in [2.24, 2.45) is 81.8 Å². The molecule has 4 heteroatoms. The van der Waals surface area contributed by atoms with Gasteiger partial charge in [0.25, 0.3) is 0 Å². The molecule has 10 saturated carbocycles. The lowest BCUT2D eigenvalue weighted by Gasteiger charge is -2.55. The van der Waals surface area contributed by atoms with E-state index in [1.165, 1.54) is 0 Å². The van der Waals surface area contributed by atoms with Crippen LogP contribution >= 0.6 is 63.7 Å². The summed E-state index contributed by atoms with van der Waals surface area (Å²) < 4.78 is 0.987. The van der Waals surface area contributed by atoms with Crippen molar-refractivity contribution in [3.05, 3.63) is 0 Å². The summed E-state index contributed by atoms with van der Waals surface area (Å²) in [4.78, 5) is 1.62. The largest absolute Gasteiger partial charge is 0.0884 e. The second-order valence-corrected chi connectivity index (χ2v) is 16.2. The van der Waals surface area contributed by atoms with E-state index in [4.69, 9.17) is 31.9 Å². The van der Waals surface area contributed by atoms with E-state index in [9.17, 15) is 0 Å². The summed E-state index contributed by atoms with van der Waals surface area (Å²) in [6.07, 6.45) is 3.20. The molecule has 0 radical (unpaired) electrons. The van der Waals surface area contributed by atoms with Crippen molar-refractivity contribution < 1.29 is 0 Å². The predicted molar refractivity (Wildman–Crippen MR) is 105 cm³/mol. The number of rotatable bonds is 0. The van der Waals surface area contributed by atoms with Crippen LogP contribution in [-0.2, 0) is 0 Å². The van der Waals surface area contributed by atoms with Gasteiger partial charge in [-0.15, -0.1) is 0 Å². The van der Waals surface area contributed by atoms with E-state index in [1.54, 1.807) is 12.8 Å². The molecule has 0 aromatic rings. The Hall–Kier alpha value is 1.92. The summed E-state index contributed by atoms with van der Waals surface area (Å²) in [6, 6.07) is 0. The lowest BCUT2D eigenvalue weighted by atomic mass is 9.51. The first-order chi connectivity index (χ1) is 11.5. The summed E-state index contributed by atoms with van der Waals surface area (Å²) in [7, 11) is 0. The van der Waals surface area contributed by atoms with E-state index >= 15 is 0 Å². The maximum atomic E-state index is 4.73. The molecule has 0 aliphatic heterocycles. The summed E-state index contributed by atoms with van der Waals surface area (Å²) in [5.74, 6) is 12.3. The fourth-order valence-electron chi connectivity index (χ4n) is 14.6. The third-order valence-corrected chi connectivity index (χ3v) is 18.8. The van der Waals surface area contributed by atoms with E-state index in [1.807, 2.05) is 0 Å². The average Bonchev–Trinajstić information content (AvgIpc) is 3.29. The minimum absolute atomic E-state index is 0.493. The molecule has 18 atom stereocenters. The molecule has 2 spiro atoms. The molecular formula is C20H18Br4. The van der Waals surface area contributed by atoms with Gasteiger partial charge in [0.05, 0.1) is 0 Å². The van der Waals surface area contributed by atoms with Crippen LogP contribution in [0.2, 0.25) is 0 Å². The van der Waals surface area contributed by atoms with E-state index < -0.39 is 0 Å². The van der Waals surface area contributed by atoms with Crippen LogP contribution in [0.25, 0.3) is 0 Å². The second-order valence-electron chi connectivity index (χ2n) is 11.5. The van der Waals surface area contributed by atoms with Crippen LogP contribution in [0.4, 0.5) is 0 Å². The van der Waals surface area contributed by atoms with E-state index in [0.717, 1.165) is 80.7 Å². The molecule has 0 saturated heterocycles. The van der Waals surface area contributed by atoms with Crippen molar-refractivity contribution in [2.75, 3.05) is 0 Å². The Morgan fingerprint density at radius 2 is 0.958 bits per heavy atom. The van der Waals surface area contributed by atoms with E-state index in [-0.39, 0.29) is 0 Å². The third kappa shape index (κ3) is 0.633. The van der Waals surface area contributed by atoms with Gasteiger partial charge in [0.1, 0.15) is 0 Å². The molecule has 10 rings (SSSR count). The third-order valence-electron chi connectivity index (χ3n) is 13.0. The van der Waals surface area contributed by atoms with E-state index in [2.05, 4.69) is 31.9 Å². The molecule has 126 valence electrons. The Labute approximate surface area is 175 Å². The number of hydrogen-bond donors (Lipinski definition) is 0. The Morgan fingerprint density at radius 3 is 1.46 bits per heavy atom. The number of alkyl halides is 4. The topological polar surface area (TPSA) is 0 Å². The van der Waals surface area contributed by atoms with Gasteiger partial charge in [0, 0.05) is 29.1 Å². The Kier molecular flexibility index (Phi) is 1.60. The molecule has 0 aromatic heterocycles. The molecule has 10 aliphatic carbocycles. The highest BCUT2D eigenvalue weighted by Gasteiger charge is 3.10. The molecule has 24 heavy (non-hydrogen) atoms. The number of halogens is 4. The minimum atomic E-state index is 0.493. The Bertz CT molecular complexity index is 779. The van der Waals surface area contributed by atoms with Crippen molar-refractivity contribution in [1.29, 1.82) is 0 Å². The van der Waals surface area contributed by atoms with Crippen LogP contribution in [0.1, 0.15) is 12.8 Å². The lowest BCUT2D eigenvalue weighted by Crippen LogP contribution is -2.57. The maximum absolute atomic E-state index is 4.73. The van der Waals surface area contributed by atoms with Crippen LogP contribution in [0.3, 0.4) is 0 Å². The molecular weight excluding hydrogens is 560 g/mol. The Balaban J connectivity index is 1.56. The predicted octanol–water partition coefficient (Wildman–Crippen LogP) is 5.06. The minimum Gasteiger partial charge on any atom is -0.0884 e. The molecule has 0 nitrogen and oxygen atoms in total. The zero-order valence-corrected chi connectivity index (χ0v) is 19.4. The SMILES string of the molecule is BrC1[C@@H]2[C@@H]3[C@@H]4[C@H]5C(Br)[C@@H]3[C@]3(Br)[C@@H]6C[C@H]7[C@H]8[C@H]6[C@@H]6C[C@H]8C([C@@H]14)(C263)[C@@]57Br. The highest BCUT2D eigenvalue weighted by Crippen LogP contribution is 3.10. The first kappa shape index (κ1) is 13.2. The smallest absolute Gasteiger partial charge is 0.0398 e. The first-order valence-electron chi connectivity index (χ1n) is 10.2. The van der Waals surface area contributed by atoms with Crippen molar-refractivity contribution in [1.82, 2.24) is 0 Å². The highest BCUT2D eigenvalue weighted by atomic mass is 79.9. The van der Waals surface area contributed by atoms with Crippen molar-refractivity contribution in [2.45, 2.75) is 31.1 Å². The van der Waals surface area contributed by atoms with Crippen LogP contribution < -0.4 is 0 Å². The van der Waals surface area contributed by atoms with Crippen molar-refractivity contribution >= 4 is 63.7 Å². The summed E-state index contributed by atoms with van der Waals surface area (Å²) in [5, 5.41) is 0. The molecule has 4 unspecified atom stereocenters. The fourth-order valence-corrected chi connectivity index (χ4v) is 22.3. The summed E-state index contributed by atoms with van der Waals surface area (Å²) in [5.41, 5.74) is 1.32. The molecule has 0 amide bonds. The fraction of sp³-hybridized carbons (Fsp3) is 1.00. The molecule has 4 bridgehead atoms. The van der Waals surface area contributed by atoms with Crippen molar-refractivity contribution in [3.63, 3.8) is 0 Å². The highest BCUT2D eigenvalue weighted by molar-refractivity contribution is 9.11. The van der Waals surface area contributed by atoms with Gasteiger partial charge < -0.3 is 0 Å².